The van der Waals surface area contributed by atoms with Gasteiger partial charge in [0.05, 0.1) is 25.3 Å². The number of methoxy groups -OCH3 is 1. The fourth-order valence-electron chi connectivity index (χ4n) is 1.44. The van der Waals surface area contributed by atoms with Gasteiger partial charge in [-0.25, -0.2) is 4.98 Å². The van der Waals surface area contributed by atoms with Gasteiger partial charge in [-0.3, -0.25) is 4.98 Å². The molecule has 0 amide bonds. The predicted molar refractivity (Wildman–Crippen MR) is 58.1 cm³/mol. The number of hydrogen-bond donors (Lipinski definition) is 1. The average Bonchev–Trinajstić information content (AvgIpc) is 2.75. The van der Waals surface area contributed by atoms with Crippen LogP contribution in [-0.2, 0) is 7.05 Å². The van der Waals surface area contributed by atoms with Crippen LogP contribution in [0.5, 0.6) is 5.75 Å². The summed E-state index contributed by atoms with van der Waals surface area (Å²) in [6.07, 6.45) is 5.83. The van der Waals surface area contributed by atoms with Crippen molar-refractivity contribution in [2.45, 2.75) is 6.10 Å². The zero-order chi connectivity index (χ0) is 11.5. The van der Waals surface area contributed by atoms with E-state index in [0.717, 1.165) is 0 Å². The number of aliphatic hydroxyl groups is 1. The van der Waals surface area contributed by atoms with E-state index in [1.165, 1.54) is 0 Å². The van der Waals surface area contributed by atoms with Gasteiger partial charge in [0.1, 0.15) is 11.9 Å². The van der Waals surface area contributed by atoms with E-state index in [9.17, 15) is 5.11 Å². The van der Waals surface area contributed by atoms with Crippen LogP contribution >= 0.6 is 0 Å². The summed E-state index contributed by atoms with van der Waals surface area (Å²) in [5, 5.41) is 10.1. The van der Waals surface area contributed by atoms with Crippen LogP contribution in [0.3, 0.4) is 0 Å². The number of ether oxygens (including phenoxy) is 1. The number of pyridine rings is 1. The molecule has 0 saturated heterocycles. The zero-order valence-electron chi connectivity index (χ0n) is 9.16. The molecule has 0 aliphatic rings. The Labute approximate surface area is 93.3 Å². The van der Waals surface area contributed by atoms with E-state index in [1.807, 2.05) is 7.05 Å². The molecule has 0 aliphatic carbocycles. The van der Waals surface area contributed by atoms with Gasteiger partial charge < -0.3 is 14.4 Å². The van der Waals surface area contributed by atoms with E-state index >= 15 is 0 Å². The van der Waals surface area contributed by atoms with E-state index < -0.39 is 6.10 Å². The molecule has 0 bridgehead atoms. The maximum atomic E-state index is 10.1. The van der Waals surface area contributed by atoms with Gasteiger partial charge in [-0.15, -0.1) is 0 Å². The Hall–Kier alpha value is -1.88. The van der Waals surface area contributed by atoms with Crippen molar-refractivity contribution in [1.29, 1.82) is 0 Å². The zero-order valence-corrected chi connectivity index (χ0v) is 9.16. The Morgan fingerprint density at radius 3 is 2.88 bits per heavy atom. The third-order valence-corrected chi connectivity index (χ3v) is 2.29. The maximum absolute atomic E-state index is 10.1. The van der Waals surface area contributed by atoms with Crippen LogP contribution in [0.2, 0.25) is 0 Å². The second kappa shape index (κ2) is 4.32. The highest BCUT2D eigenvalue weighted by Crippen LogP contribution is 2.22. The molecule has 0 saturated carbocycles. The van der Waals surface area contributed by atoms with Crippen LogP contribution < -0.4 is 4.74 Å². The second-order valence-electron chi connectivity index (χ2n) is 3.52. The molecule has 5 nitrogen and oxygen atoms in total. The number of hydrogen-bond acceptors (Lipinski definition) is 4. The summed E-state index contributed by atoms with van der Waals surface area (Å²) in [6, 6.07) is 1.74. The molecule has 0 radical (unpaired) electrons. The number of rotatable bonds is 3. The molecule has 5 heteroatoms. The maximum Gasteiger partial charge on any atom is 0.137 e. The molecule has 2 aromatic heterocycles. The first kappa shape index (κ1) is 10.6. The summed E-state index contributed by atoms with van der Waals surface area (Å²) in [6.45, 7) is 0. The van der Waals surface area contributed by atoms with E-state index in [0.29, 0.717) is 17.0 Å². The van der Waals surface area contributed by atoms with Gasteiger partial charge in [-0.2, -0.15) is 0 Å². The Morgan fingerprint density at radius 1 is 1.44 bits per heavy atom. The molecule has 2 aromatic rings. The minimum atomic E-state index is -0.774. The van der Waals surface area contributed by atoms with Crippen LogP contribution in [-0.4, -0.2) is 26.8 Å². The van der Waals surface area contributed by atoms with E-state index in [2.05, 4.69) is 9.97 Å². The Kier molecular flexibility index (Phi) is 2.87. The molecule has 1 unspecified atom stereocenters. The van der Waals surface area contributed by atoms with Gasteiger partial charge in [-0.1, -0.05) is 0 Å². The number of imidazole rings is 1. The first-order valence-corrected chi connectivity index (χ1v) is 4.85. The summed E-state index contributed by atoms with van der Waals surface area (Å²) in [4.78, 5) is 8.08. The fraction of sp³-hybridized carbons (Fsp3) is 0.273. The molecule has 2 rings (SSSR count). The van der Waals surface area contributed by atoms with Crippen molar-refractivity contribution in [2.24, 2.45) is 7.05 Å². The van der Waals surface area contributed by atoms with Crippen molar-refractivity contribution in [2.75, 3.05) is 7.11 Å². The second-order valence-corrected chi connectivity index (χ2v) is 3.52. The summed E-state index contributed by atoms with van der Waals surface area (Å²) in [5.41, 5.74) is 1.26. The number of nitrogens with zero attached hydrogens (tertiary/aromatic N) is 3. The molecule has 84 valence electrons. The van der Waals surface area contributed by atoms with E-state index in [4.69, 9.17) is 4.74 Å². The van der Waals surface area contributed by atoms with E-state index in [1.54, 1.807) is 42.7 Å². The van der Waals surface area contributed by atoms with E-state index in [-0.39, 0.29) is 0 Å². The molecule has 2 heterocycles. The minimum Gasteiger partial charge on any atom is -0.495 e. The molecular formula is C11H13N3O2. The first-order valence-electron chi connectivity index (χ1n) is 4.85. The normalized spacial score (nSPS) is 12.4. The highest BCUT2D eigenvalue weighted by molar-refractivity contribution is 5.29. The highest BCUT2D eigenvalue weighted by Gasteiger charge is 2.13. The molecule has 0 aromatic carbocycles. The molecule has 0 aliphatic heterocycles. The average molecular weight is 219 g/mol. The molecule has 0 fully saturated rings. The molecular weight excluding hydrogens is 206 g/mol. The number of aromatic nitrogens is 3. The van der Waals surface area contributed by atoms with Crippen LogP contribution in [0.1, 0.15) is 17.4 Å². The lowest BCUT2D eigenvalue weighted by molar-refractivity contribution is 0.214. The molecule has 16 heavy (non-hydrogen) atoms. The van der Waals surface area contributed by atoms with Gasteiger partial charge in [0, 0.05) is 25.0 Å². The standard InChI is InChI=1S/C11H13N3O2/c1-14-6-10(13-7-14)11(15)8-3-9(16-2)5-12-4-8/h3-7,11,15H,1-2H3. The Bertz CT molecular complexity index is 482. The number of aliphatic hydroxyl groups excluding tert-OH is 1. The molecule has 1 N–H and O–H groups in total. The van der Waals surface area contributed by atoms with Gasteiger partial charge >= 0.3 is 0 Å². The SMILES string of the molecule is COc1cncc(C(O)c2cn(C)cn2)c1. The summed E-state index contributed by atoms with van der Waals surface area (Å²) in [5.74, 6) is 0.618. The smallest absolute Gasteiger partial charge is 0.137 e. The summed E-state index contributed by atoms with van der Waals surface area (Å²) < 4.78 is 6.83. The summed E-state index contributed by atoms with van der Waals surface area (Å²) in [7, 11) is 3.42. The fourth-order valence-corrected chi connectivity index (χ4v) is 1.44. The van der Waals surface area contributed by atoms with Gasteiger partial charge in [-0.05, 0) is 6.07 Å². The van der Waals surface area contributed by atoms with Crippen LogP contribution in [0, 0.1) is 0 Å². The Balaban J connectivity index is 2.29. The van der Waals surface area contributed by atoms with Crippen molar-refractivity contribution in [3.05, 3.63) is 42.2 Å². The third-order valence-electron chi connectivity index (χ3n) is 2.29. The van der Waals surface area contributed by atoms with Crippen LogP contribution in [0.25, 0.3) is 0 Å². The van der Waals surface area contributed by atoms with Crippen LogP contribution in [0.15, 0.2) is 31.0 Å². The largest absolute Gasteiger partial charge is 0.495 e. The predicted octanol–water partition coefficient (Wildman–Crippen LogP) is 0.905. The quantitative estimate of drug-likeness (QED) is 0.833. The van der Waals surface area contributed by atoms with Crippen molar-refractivity contribution < 1.29 is 9.84 Å². The molecule has 1 atom stereocenters. The number of aryl methyl sites for hydroxylation is 1. The topological polar surface area (TPSA) is 60.2 Å². The first-order chi connectivity index (χ1) is 7.70. The minimum absolute atomic E-state index is 0.595. The van der Waals surface area contributed by atoms with Crippen molar-refractivity contribution in [3.63, 3.8) is 0 Å². The highest BCUT2D eigenvalue weighted by atomic mass is 16.5. The van der Waals surface area contributed by atoms with Crippen LogP contribution in [0.4, 0.5) is 0 Å². The summed E-state index contributed by atoms with van der Waals surface area (Å²) >= 11 is 0. The van der Waals surface area contributed by atoms with Gasteiger partial charge in [0.2, 0.25) is 0 Å². The monoisotopic (exact) mass is 219 g/mol. The van der Waals surface area contributed by atoms with Crippen molar-refractivity contribution in [1.82, 2.24) is 14.5 Å². The third kappa shape index (κ3) is 2.04. The lowest BCUT2D eigenvalue weighted by Crippen LogP contribution is -2.01. The molecule has 0 spiro atoms. The lowest BCUT2D eigenvalue weighted by Gasteiger charge is -2.08. The lowest BCUT2D eigenvalue weighted by atomic mass is 10.1. The van der Waals surface area contributed by atoms with Crippen molar-refractivity contribution >= 4 is 0 Å². The van der Waals surface area contributed by atoms with Gasteiger partial charge in [0.15, 0.2) is 0 Å². The van der Waals surface area contributed by atoms with Gasteiger partial charge in [0.25, 0.3) is 0 Å². The van der Waals surface area contributed by atoms with Crippen molar-refractivity contribution in [3.8, 4) is 5.75 Å². The Morgan fingerprint density at radius 2 is 2.25 bits per heavy atom.